The van der Waals surface area contributed by atoms with E-state index in [0.29, 0.717) is 36.8 Å². The normalized spacial score (nSPS) is 26.7. The highest BCUT2D eigenvalue weighted by atomic mass is 35.5. The van der Waals surface area contributed by atoms with Crippen LogP contribution in [0, 0.1) is 18.8 Å². The molecule has 1 aromatic carbocycles. The number of benzene rings is 1. The van der Waals surface area contributed by atoms with E-state index in [1.165, 1.54) is 19.3 Å². The topological polar surface area (TPSA) is 83.8 Å². The predicted octanol–water partition coefficient (Wildman–Crippen LogP) is 3.67. The standard InChI is InChI=1S/C20H28N4O.2ClH/c1-12-4-2-7-16-19(12)23-17(22-16)8-9-18(25)24-20-13-5-3-6-14(20)11-15(21)10-13;;/h2,4,7,13-15,20H,3,5-6,8-11,21H2,1H3,(H,22,23)(H,24,25);2*1H. The first-order chi connectivity index (χ1) is 12.1. The molecule has 5 nitrogen and oxygen atoms in total. The van der Waals surface area contributed by atoms with Crippen LogP contribution < -0.4 is 11.1 Å². The fourth-order valence-corrected chi connectivity index (χ4v) is 4.86. The first kappa shape index (κ1) is 22.0. The Hall–Kier alpha value is -1.30. The average Bonchev–Trinajstić information content (AvgIpc) is 2.98. The van der Waals surface area contributed by atoms with Gasteiger partial charge in [0.2, 0.25) is 5.91 Å². The summed E-state index contributed by atoms with van der Waals surface area (Å²) in [6.45, 7) is 2.06. The van der Waals surface area contributed by atoms with Crippen molar-refractivity contribution in [2.75, 3.05) is 0 Å². The van der Waals surface area contributed by atoms with Gasteiger partial charge in [0.05, 0.1) is 11.0 Å². The molecule has 2 aliphatic carbocycles. The second-order valence-corrected chi connectivity index (χ2v) is 7.93. The van der Waals surface area contributed by atoms with Crippen molar-refractivity contribution in [1.82, 2.24) is 15.3 Å². The number of amides is 1. The lowest BCUT2D eigenvalue weighted by Gasteiger charge is -2.45. The summed E-state index contributed by atoms with van der Waals surface area (Å²) in [5, 5.41) is 3.32. The summed E-state index contributed by atoms with van der Waals surface area (Å²) in [6.07, 6.45) is 6.96. The van der Waals surface area contributed by atoms with E-state index in [1.54, 1.807) is 0 Å². The number of para-hydroxylation sites is 1. The third-order valence-electron chi connectivity index (χ3n) is 6.06. The quantitative estimate of drug-likeness (QED) is 0.715. The van der Waals surface area contributed by atoms with Crippen molar-refractivity contribution >= 4 is 41.8 Å². The van der Waals surface area contributed by atoms with Gasteiger partial charge in [-0.2, -0.15) is 0 Å². The summed E-state index contributed by atoms with van der Waals surface area (Å²) in [6, 6.07) is 6.78. The van der Waals surface area contributed by atoms with Crippen molar-refractivity contribution in [2.45, 2.75) is 64.0 Å². The van der Waals surface area contributed by atoms with Crippen molar-refractivity contribution in [3.8, 4) is 0 Å². The van der Waals surface area contributed by atoms with E-state index in [2.05, 4.69) is 28.3 Å². The number of nitrogens with zero attached hydrogens (tertiary/aromatic N) is 1. The number of carbonyl (C=O) groups excluding carboxylic acids is 1. The fraction of sp³-hybridized carbons (Fsp3) is 0.600. The highest BCUT2D eigenvalue weighted by molar-refractivity contribution is 5.85. The highest BCUT2D eigenvalue weighted by Crippen LogP contribution is 2.39. The Morgan fingerprint density at radius 1 is 1.26 bits per heavy atom. The number of imidazole rings is 1. The van der Waals surface area contributed by atoms with Crippen molar-refractivity contribution in [2.24, 2.45) is 17.6 Å². The van der Waals surface area contributed by atoms with Gasteiger partial charge in [-0.05, 0) is 56.1 Å². The molecule has 1 aromatic heterocycles. The maximum atomic E-state index is 12.5. The van der Waals surface area contributed by atoms with Gasteiger partial charge in [0, 0.05) is 24.9 Å². The van der Waals surface area contributed by atoms with Gasteiger partial charge in [-0.1, -0.05) is 18.6 Å². The maximum Gasteiger partial charge on any atom is 0.220 e. The first-order valence-electron chi connectivity index (χ1n) is 9.59. The number of carbonyl (C=O) groups is 1. The van der Waals surface area contributed by atoms with E-state index in [0.717, 1.165) is 35.3 Å². The lowest BCUT2D eigenvalue weighted by molar-refractivity contribution is -0.123. The van der Waals surface area contributed by atoms with Crippen molar-refractivity contribution < 1.29 is 4.79 Å². The number of hydrogen-bond acceptors (Lipinski definition) is 3. The molecule has 1 amide bonds. The van der Waals surface area contributed by atoms with Crippen LogP contribution in [0.1, 0.15) is 49.9 Å². The van der Waals surface area contributed by atoms with E-state index in [4.69, 9.17) is 5.73 Å². The second-order valence-electron chi connectivity index (χ2n) is 7.93. The number of aromatic amines is 1. The van der Waals surface area contributed by atoms with E-state index in [1.807, 2.05) is 12.1 Å². The molecule has 0 aliphatic heterocycles. The number of hydrogen-bond donors (Lipinski definition) is 3. The van der Waals surface area contributed by atoms with Gasteiger partial charge in [-0.15, -0.1) is 24.8 Å². The average molecular weight is 413 g/mol. The molecule has 2 fully saturated rings. The highest BCUT2D eigenvalue weighted by Gasteiger charge is 2.39. The molecular formula is C20H30Cl2N4O. The van der Waals surface area contributed by atoms with Gasteiger partial charge in [-0.3, -0.25) is 4.79 Å². The zero-order valence-electron chi connectivity index (χ0n) is 15.7. The lowest BCUT2D eigenvalue weighted by Crippen LogP contribution is -2.53. The Morgan fingerprint density at radius 3 is 2.63 bits per heavy atom. The van der Waals surface area contributed by atoms with Gasteiger partial charge < -0.3 is 16.0 Å². The molecule has 150 valence electrons. The minimum Gasteiger partial charge on any atom is -0.353 e. The van der Waals surface area contributed by atoms with Crippen LogP contribution in [0.15, 0.2) is 18.2 Å². The SMILES string of the molecule is Cc1cccc2[nH]c(CCC(=O)NC3C4CCCC3CC(N)C4)nc12.Cl.Cl. The first-order valence-corrected chi connectivity index (χ1v) is 9.59. The van der Waals surface area contributed by atoms with Crippen LogP contribution in [0.3, 0.4) is 0 Å². The number of H-pyrrole nitrogens is 1. The maximum absolute atomic E-state index is 12.5. The molecule has 4 N–H and O–H groups in total. The smallest absolute Gasteiger partial charge is 0.220 e. The fourth-order valence-electron chi connectivity index (χ4n) is 4.86. The number of rotatable bonds is 4. The number of halogens is 2. The predicted molar refractivity (Wildman–Crippen MR) is 114 cm³/mol. The number of aryl methyl sites for hydroxylation is 2. The summed E-state index contributed by atoms with van der Waals surface area (Å²) in [5.74, 6) is 2.18. The number of aromatic nitrogens is 2. The number of nitrogens with one attached hydrogen (secondary N) is 2. The molecule has 7 heteroatoms. The van der Waals surface area contributed by atoms with Crippen LogP contribution in [-0.2, 0) is 11.2 Å². The molecule has 1 heterocycles. The van der Waals surface area contributed by atoms with E-state index >= 15 is 0 Å². The molecule has 2 saturated carbocycles. The molecular weight excluding hydrogens is 383 g/mol. The molecule has 0 spiro atoms. The van der Waals surface area contributed by atoms with Gasteiger partial charge in [0.1, 0.15) is 5.82 Å². The van der Waals surface area contributed by atoms with Gasteiger partial charge in [0.15, 0.2) is 0 Å². The summed E-state index contributed by atoms with van der Waals surface area (Å²) in [4.78, 5) is 20.5. The summed E-state index contributed by atoms with van der Waals surface area (Å²) in [5.41, 5.74) is 9.39. The molecule has 2 aromatic rings. The van der Waals surface area contributed by atoms with Crippen LogP contribution in [0.2, 0.25) is 0 Å². The molecule has 2 atom stereocenters. The number of fused-ring (bicyclic) bond motifs is 3. The minimum absolute atomic E-state index is 0. The molecule has 27 heavy (non-hydrogen) atoms. The molecule has 0 radical (unpaired) electrons. The Labute approximate surface area is 173 Å². The Balaban J connectivity index is 0.00000131. The third-order valence-corrected chi connectivity index (χ3v) is 6.06. The molecule has 2 aliphatic rings. The van der Waals surface area contributed by atoms with Crippen molar-refractivity contribution in [3.05, 3.63) is 29.6 Å². The van der Waals surface area contributed by atoms with Crippen LogP contribution in [-0.4, -0.2) is 28.0 Å². The summed E-state index contributed by atoms with van der Waals surface area (Å²) in [7, 11) is 0. The Kier molecular flexibility index (Phi) is 7.55. The second kappa shape index (κ2) is 9.26. The van der Waals surface area contributed by atoms with E-state index < -0.39 is 0 Å². The van der Waals surface area contributed by atoms with Crippen molar-refractivity contribution in [1.29, 1.82) is 0 Å². The molecule has 2 bridgehead atoms. The van der Waals surface area contributed by atoms with Crippen LogP contribution in [0.25, 0.3) is 11.0 Å². The van der Waals surface area contributed by atoms with E-state index in [9.17, 15) is 4.79 Å². The molecule has 0 saturated heterocycles. The third kappa shape index (κ3) is 4.76. The zero-order chi connectivity index (χ0) is 17.4. The van der Waals surface area contributed by atoms with Crippen LogP contribution in [0.4, 0.5) is 0 Å². The van der Waals surface area contributed by atoms with E-state index in [-0.39, 0.29) is 30.7 Å². The summed E-state index contributed by atoms with van der Waals surface area (Å²) < 4.78 is 0. The van der Waals surface area contributed by atoms with Crippen LogP contribution in [0.5, 0.6) is 0 Å². The lowest BCUT2D eigenvalue weighted by atomic mass is 9.67. The largest absolute Gasteiger partial charge is 0.353 e. The van der Waals surface area contributed by atoms with Crippen molar-refractivity contribution in [3.63, 3.8) is 0 Å². The monoisotopic (exact) mass is 412 g/mol. The summed E-state index contributed by atoms with van der Waals surface area (Å²) >= 11 is 0. The van der Waals surface area contributed by atoms with Gasteiger partial charge >= 0.3 is 0 Å². The number of nitrogens with two attached hydrogens (primary N) is 1. The Morgan fingerprint density at radius 2 is 1.96 bits per heavy atom. The minimum atomic E-state index is 0. The van der Waals surface area contributed by atoms with Gasteiger partial charge in [-0.25, -0.2) is 4.98 Å². The van der Waals surface area contributed by atoms with Crippen LogP contribution >= 0.6 is 24.8 Å². The Bertz CT molecular complexity index is 764. The van der Waals surface area contributed by atoms with Gasteiger partial charge in [0.25, 0.3) is 0 Å². The molecule has 4 rings (SSSR count). The molecule has 2 unspecified atom stereocenters. The zero-order valence-corrected chi connectivity index (χ0v) is 17.4.